The lowest BCUT2D eigenvalue weighted by atomic mass is 10.1. The van der Waals surface area contributed by atoms with Crippen LogP contribution in [0.2, 0.25) is 0 Å². The quantitative estimate of drug-likeness (QED) is 0.686. The minimum absolute atomic E-state index is 0.0976. The van der Waals surface area contributed by atoms with E-state index in [1.165, 1.54) is 0 Å². The lowest BCUT2D eigenvalue weighted by Gasteiger charge is -2.10. The summed E-state index contributed by atoms with van der Waals surface area (Å²) in [5.74, 6) is -0.402. The molecule has 0 spiro atoms. The van der Waals surface area contributed by atoms with Crippen LogP contribution < -0.4 is 16.8 Å². The molecule has 0 aliphatic rings. The van der Waals surface area contributed by atoms with Crippen LogP contribution in [0.3, 0.4) is 0 Å². The maximum absolute atomic E-state index is 10.8. The van der Waals surface area contributed by atoms with Crippen LogP contribution >= 0.6 is 0 Å². The smallest absolute Gasteiger partial charge is 0.236 e. The number of pyridine rings is 1. The normalized spacial score (nSPS) is 10.4. The van der Waals surface area contributed by atoms with Crippen molar-refractivity contribution in [3.8, 4) is 0 Å². The van der Waals surface area contributed by atoms with Gasteiger partial charge in [-0.15, -0.1) is 0 Å². The fourth-order valence-electron chi connectivity index (χ4n) is 1.70. The van der Waals surface area contributed by atoms with E-state index in [1.54, 1.807) is 12.3 Å². The first kappa shape index (κ1) is 11.2. The van der Waals surface area contributed by atoms with Gasteiger partial charge in [-0.25, -0.2) is 0 Å². The van der Waals surface area contributed by atoms with Crippen LogP contribution in [0.5, 0.6) is 0 Å². The minimum Gasteiger partial charge on any atom is -0.398 e. The summed E-state index contributed by atoms with van der Waals surface area (Å²) in [4.78, 5) is 15.0. The lowest BCUT2D eigenvalue weighted by Crippen LogP contribution is -2.21. The first-order chi connectivity index (χ1) is 8.08. The van der Waals surface area contributed by atoms with Gasteiger partial charge in [-0.05, 0) is 25.1 Å². The lowest BCUT2D eigenvalue weighted by molar-refractivity contribution is -0.116. The van der Waals surface area contributed by atoms with E-state index >= 15 is 0 Å². The van der Waals surface area contributed by atoms with Crippen LogP contribution in [-0.2, 0) is 4.79 Å². The van der Waals surface area contributed by atoms with E-state index in [2.05, 4.69) is 10.3 Å². The Morgan fingerprint density at radius 2 is 2.18 bits per heavy atom. The van der Waals surface area contributed by atoms with Crippen molar-refractivity contribution in [2.75, 3.05) is 17.6 Å². The third kappa shape index (κ3) is 2.28. The number of fused-ring (bicyclic) bond motifs is 1. The van der Waals surface area contributed by atoms with Gasteiger partial charge in [0.1, 0.15) is 0 Å². The van der Waals surface area contributed by atoms with Gasteiger partial charge >= 0.3 is 0 Å². The summed E-state index contributed by atoms with van der Waals surface area (Å²) in [6, 6.07) is 5.54. The number of primary amides is 1. The predicted octanol–water partition coefficient (Wildman–Crippen LogP) is 1.02. The van der Waals surface area contributed by atoms with E-state index in [1.807, 2.05) is 19.1 Å². The van der Waals surface area contributed by atoms with Gasteiger partial charge in [0.25, 0.3) is 0 Å². The molecular weight excluding hydrogens is 216 g/mol. The highest BCUT2D eigenvalue weighted by molar-refractivity contribution is 6.01. The number of amides is 1. The van der Waals surface area contributed by atoms with Gasteiger partial charge in [-0.2, -0.15) is 0 Å². The maximum atomic E-state index is 10.8. The van der Waals surface area contributed by atoms with Gasteiger partial charge in [-0.3, -0.25) is 9.78 Å². The molecule has 0 fully saturated rings. The third-order valence-electron chi connectivity index (χ3n) is 2.52. The molecule has 0 aliphatic heterocycles. The summed E-state index contributed by atoms with van der Waals surface area (Å²) in [6.07, 6.45) is 1.73. The van der Waals surface area contributed by atoms with Gasteiger partial charge < -0.3 is 16.8 Å². The van der Waals surface area contributed by atoms with E-state index in [0.717, 1.165) is 22.2 Å². The van der Waals surface area contributed by atoms with E-state index in [9.17, 15) is 4.79 Å². The molecule has 0 atom stereocenters. The van der Waals surface area contributed by atoms with E-state index in [-0.39, 0.29) is 6.54 Å². The number of anilines is 2. The highest BCUT2D eigenvalue weighted by atomic mass is 16.1. The molecule has 2 aromatic rings. The van der Waals surface area contributed by atoms with Gasteiger partial charge in [-0.1, -0.05) is 0 Å². The highest BCUT2D eigenvalue weighted by Crippen LogP contribution is 2.28. The second kappa shape index (κ2) is 4.29. The van der Waals surface area contributed by atoms with Crippen molar-refractivity contribution in [1.82, 2.24) is 4.98 Å². The Hall–Kier alpha value is -2.30. The van der Waals surface area contributed by atoms with Crippen molar-refractivity contribution in [3.05, 3.63) is 30.1 Å². The zero-order valence-corrected chi connectivity index (χ0v) is 9.53. The number of nitrogens with zero attached hydrogens (tertiary/aromatic N) is 1. The Morgan fingerprint density at radius 1 is 1.41 bits per heavy atom. The molecule has 0 saturated carbocycles. The largest absolute Gasteiger partial charge is 0.398 e. The molecule has 1 heterocycles. The predicted molar refractivity (Wildman–Crippen MR) is 68.6 cm³/mol. The molecule has 5 heteroatoms. The first-order valence-corrected chi connectivity index (χ1v) is 5.25. The average Bonchev–Trinajstić information content (AvgIpc) is 2.28. The van der Waals surface area contributed by atoms with Crippen LogP contribution in [0.25, 0.3) is 10.8 Å². The Bertz CT molecular complexity index is 580. The number of benzene rings is 1. The number of hydrogen-bond acceptors (Lipinski definition) is 4. The summed E-state index contributed by atoms with van der Waals surface area (Å²) in [6.45, 7) is 2.00. The summed E-state index contributed by atoms with van der Waals surface area (Å²) >= 11 is 0. The first-order valence-electron chi connectivity index (χ1n) is 5.25. The average molecular weight is 230 g/mol. The van der Waals surface area contributed by atoms with Crippen LogP contribution in [0.1, 0.15) is 5.69 Å². The third-order valence-corrected chi connectivity index (χ3v) is 2.52. The zero-order chi connectivity index (χ0) is 12.4. The molecule has 2 rings (SSSR count). The molecule has 17 heavy (non-hydrogen) atoms. The van der Waals surface area contributed by atoms with E-state index in [4.69, 9.17) is 11.5 Å². The van der Waals surface area contributed by atoms with Crippen molar-refractivity contribution < 1.29 is 4.79 Å². The van der Waals surface area contributed by atoms with Crippen LogP contribution in [-0.4, -0.2) is 17.4 Å². The topological polar surface area (TPSA) is 94.0 Å². The van der Waals surface area contributed by atoms with Gasteiger partial charge in [0, 0.05) is 34.0 Å². The number of nitrogens with two attached hydrogens (primary N) is 2. The fraction of sp³-hybridized carbons (Fsp3) is 0.167. The van der Waals surface area contributed by atoms with Crippen LogP contribution in [0, 0.1) is 6.92 Å². The number of carbonyl (C=O) groups excluding carboxylic acids is 1. The molecule has 1 aromatic carbocycles. The summed E-state index contributed by atoms with van der Waals surface area (Å²) in [5.41, 5.74) is 13.4. The van der Waals surface area contributed by atoms with Crippen molar-refractivity contribution in [2.24, 2.45) is 5.73 Å². The minimum atomic E-state index is -0.402. The Morgan fingerprint density at radius 3 is 2.88 bits per heavy atom. The molecule has 0 saturated heterocycles. The summed E-state index contributed by atoms with van der Waals surface area (Å²) in [5, 5.41) is 4.79. The number of aryl methyl sites for hydroxylation is 1. The number of nitrogen functional groups attached to an aromatic ring is 1. The molecule has 1 amide bonds. The molecule has 88 valence electrons. The fourth-order valence-corrected chi connectivity index (χ4v) is 1.70. The number of hydrogen-bond donors (Lipinski definition) is 3. The van der Waals surface area contributed by atoms with Crippen LogP contribution in [0.4, 0.5) is 11.4 Å². The zero-order valence-electron chi connectivity index (χ0n) is 9.53. The molecule has 5 N–H and O–H groups in total. The highest BCUT2D eigenvalue weighted by Gasteiger charge is 2.05. The Labute approximate surface area is 98.8 Å². The van der Waals surface area contributed by atoms with Crippen molar-refractivity contribution >= 4 is 28.1 Å². The molecule has 0 unspecified atom stereocenters. The number of carbonyl (C=O) groups is 1. The maximum Gasteiger partial charge on any atom is 0.236 e. The standard InChI is InChI=1S/C12H14N4O/c1-7-4-8-9(5-15-7)10(13)2-3-11(8)16-6-12(14)17/h2-5,16H,6,13H2,1H3,(H2,14,17). The number of nitrogens with one attached hydrogen (secondary N) is 1. The Balaban J connectivity index is 2.52. The van der Waals surface area contributed by atoms with Crippen LogP contribution in [0.15, 0.2) is 24.4 Å². The molecule has 0 aliphatic carbocycles. The monoisotopic (exact) mass is 230 g/mol. The van der Waals surface area contributed by atoms with Crippen molar-refractivity contribution in [1.29, 1.82) is 0 Å². The molecule has 5 nitrogen and oxygen atoms in total. The molecule has 1 aromatic heterocycles. The molecule has 0 radical (unpaired) electrons. The molecular formula is C12H14N4O. The second-order valence-electron chi connectivity index (χ2n) is 3.89. The SMILES string of the molecule is Cc1cc2c(NCC(N)=O)ccc(N)c2cn1. The number of aromatic nitrogens is 1. The van der Waals surface area contributed by atoms with E-state index < -0.39 is 5.91 Å². The second-order valence-corrected chi connectivity index (χ2v) is 3.89. The van der Waals surface area contributed by atoms with Gasteiger partial charge in [0.15, 0.2) is 0 Å². The Kier molecular flexibility index (Phi) is 2.82. The van der Waals surface area contributed by atoms with Gasteiger partial charge in [0.05, 0.1) is 6.54 Å². The summed E-state index contributed by atoms with van der Waals surface area (Å²) < 4.78 is 0. The molecule has 0 bridgehead atoms. The summed E-state index contributed by atoms with van der Waals surface area (Å²) in [7, 11) is 0. The van der Waals surface area contributed by atoms with Crippen molar-refractivity contribution in [3.63, 3.8) is 0 Å². The number of rotatable bonds is 3. The van der Waals surface area contributed by atoms with Gasteiger partial charge in [0.2, 0.25) is 5.91 Å². The van der Waals surface area contributed by atoms with Crippen molar-refractivity contribution in [2.45, 2.75) is 6.92 Å². The van der Waals surface area contributed by atoms with E-state index in [0.29, 0.717) is 5.69 Å².